The molecule has 0 saturated carbocycles. The first-order valence-corrected chi connectivity index (χ1v) is 11.6. The molecule has 0 aliphatic rings. The van der Waals surface area contributed by atoms with Crippen molar-refractivity contribution in [3.63, 3.8) is 0 Å². The topological polar surface area (TPSA) is 121 Å². The van der Waals surface area contributed by atoms with Crippen molar-refractivity contribution in [1.82, 2.24) is 9.99 Å². The maximum Gasteiger partial charge on any atom is 0.311 e. The van der Waals surface area contributed by atoms with Crippen LogP contribution in [0.25, 0.3) is 5.69 Å². The summed E-state index contributed by atoms with van der Waals surface area (Å²) in [4.78, 5) is 23.1. The number of nitro groups is 1. The standard InChI is InChI=1S/C27H26N4O6/c1-4-35-26-20(6-5-7-24(26)31(33)34)16-28-29-27(32)25-15-14-23(37-25)17-36-22-12-10-21(11-13-22)30-18(2)8-9-19(30)3/h5-16H,4,17H2,1-3H3,(H,29,32)/b28-16+. The SMILES string of the molecule is CCOc1c(/C=N/NC(=O)c2ccc(COc3ccc(-n4c(C)ccc4C)cc3)o2)cccc1[N+](=O)[O-]. The minimum Gasteiger partial charge on any atom is -0.487 e. The molecule has 2 heterocycles. The molecule has 10 heteroatoms. The number of ether oxygens (including phenoxy) is 2. The number of carbonyl (C=O) groups is 1. The summed E-state index contributed by atoms with van der Waals surface area (Å²) >= 11 is 0. The molecule has 37 heavy (non-hydrogen) atoms. The summed E-state index contributed by atoms with van der Waals surface area (Å²) in [6, 6.07) is 19.5. The third kappa shape index (κ3) is 5.87. The van der Waals surface area contributed by atoms with Crippen LogP contribution in [0.4, 0.5) is 5.69 Å². The van der Waals surface area contributed by atoms with E-state index in [0.717, 1.165) is 17.1 Å². The van der Waals surface area contributed by atoms with Crippen molar-refractivity contribution >= 4 is 17.8 Å². The summed E-state index contributed by atoms with van der Waals surface area (Å²) in [7, 11) is 0. The van der Waals surface area contributed by atoms with Gasteiger partial charge in [-0.2, -0.15) is 5.10 Å². The number of amides is 1. The molecular weight excluding hydrogens is 476 g/mol. The summed E-state index contributed by atoms with van der Waals surface area (Å²) < 4.78 is 18.9. The monoisotopic (exact) mass is 502 g/mol. The average molecular weight is 503 g/mol. The van der Waals surface area contributed by atoms with Gasteiger partial charge in [0.05, 0.1) is 17.7 Å². The van der Waals surface area contributed by atoms with Gasteiger partial charge < -0.3 is 18.5 Å². The Morgan fingerprint density at radius 2 is 1.78 bits per heavy atom. The molecule has 1 N–H and O–H groups in total. The highest BCUT2D eigenvalue weighted by Gasteiger charge is 2.18. The Hall–Kier alpha value is -4.86. The highest BCUT2D eigenvalue weighted by atomic mass is 16.6. The van der Waals surface area contributed by atoms with Crippen LogP contribution in [-0.4, -0.2) is 28.2 Å². The number of aromatic nitrogens is 1. The van der Waals surface area contributed by atoms with E-state index in [0.29, 0.717) is 17.1 Å². The molecule has 4 aromatic rings. The number of hydrogen-bond donors (Lipinski definition) is 1. The largest absolute Gasteiger partial charge is 0.487 e. The van der Waals surface area contributed by atoms with E-state index in [2.05, 4.69) is 41.1 Å². The Morgan fingerprint density at radius 3 is 2.46 bits per heavy atom. The van der Waals surface area contributed by atoms with Crippen molar-refractivity contribution in [2.24, 2.45) is 5.10 Å². The van der Waals surface area contributed by atoms with Gasteiger partial charge in [0.25, 0.3) is 0 Å². The van der Waals surface area contributed by atoms with Crippen LogP contribution in [0.5, 0.6) is 11.5 Å². The van der Waals surface area contributed by atoms with Gasteiger partial charge in [0.15, 0.2) is 5.76 Å². The zero-order chi connectivity index (χ0) is 26.4. The molecular formula is C27H26N4O6. The number of para-hydroxylation sites is 1. The molecule has 0 aliphatic heterocycles. The maximum absolute atomic E-state index is 12.4. The van der Waals surface area contributed by atoms with Crippen molar-refractivity contribution in [2.45, 2.75) is 27.4 Å². The number of furan rings is 1. The Labute approximate surface area is 213 Å². The molecule has 0 unspecified atom stereocenters. The number of rotatable bonds is 10. The number of nitro benzene ring substituents is 1. The van der Waals surface area contributed by atoms with E-state index in [9.17, 15) is 14.9 Å². The predicted octanol–water partition coefficient (Wildman–Crippen LogP) is 5.34. The Bertz CT molecular complexity index is 1420. The molecule has 2 aromatic heterocycles. The number of benzene rings is 2. The molecule has 2 aromatic carbocycles. The zero-order valence-electron chi connectivity index (χ0n) is 20.6. The minimum absolute atomic E-state index is 0.0498. The van der Waals surface area contributed by atoms with Crippen molar-refractivity contribution in [1.29, 1.82) is 0 Å². The smallest absolute Gasteiger partial charge is 0.311 e. The van der Waals surface area contributed by atoms with Crippen molar-refractivity contribution < 1.29 is 23.6 Å². The minimum atomic E-state index is -0.576. The fourth-order valence-electron chi connectivity index (χ4n) is 3.80. The van der Waals surface area contributed by atoms with Crippen LogP contribution in [0.3, 0.4) is 0 Å². The molecule has 0 aliphatic carbocycles. The Balaban J connectivity index is 1.34. The summed E-state index contributed by atoms with van der Waals surface area (Å²) in [5.41, 5.74) is 5.87. The quantitative estimate of drug-likeness (QED) is 0.178. The van der Waals surface area contributed by atoms with Gasteiger partial charge in [0.1, 0.15) is 18.1 Å². The van der Waals surface area contributed by atoms with Gasteiger partial charge in [-0.25, -0.2) is 5.43 Å². The second-order valence-corrected chi connectivity index (χ2v) is 8.08. The second kappa shape index (κ2) is 11.3. The number of nitrogens with zero attached hydrogens (tertiary/aromatic N) is 3. The lowest BCUT2D eigenvalue weighted by Gasteiger charge is -2.10. The maximum atomic E-state index is 12.4. The van der Waals surface area contributed by atoms with Crippen LogP contribution in [0.2, 0.25) is 0 Å². The van der Waals surface area contributed by atoms with Gasteiger partial charge in [-0.15, -0.1) is 0 Å². The van der Waals surface area contributed by atoms with E-state index in [-0.39, 0.29) is 30.4 Å². The molecule has 0 bridgehead atoms. The van der Waals surface area contributed by atoms with Gasteiger partial charge in [0, 0.05) is 28.7 Å². The summed E-state index contributed by atoms with van der Waals surface area (Å²) in [6.45, 7) is 6.21. The van der Waals surface area contributed by atoms with Crippen LogP contribution < -0.4 is 14.9 Å². The van der Waals surface area contributed by atoms with Gasteiger partial charge >= 0.3 is 11.6 Å². The molecule has 0 spiro atoms. The van der Waals surface area contributed by atoms with E-state index in [4.69, 9.17) is 13.9 Å². The highest BCUT2D eigenvalue weighted by molar-refractivity contribution is 5.93. The van der Waals surface area contributed by atoms with Crippen molar-refractivity contribution in [2.75, 3.05) is 6.61 Å². The molecule has 10 nitrogen and oxygen atoms in total. The number of aryl methyl sites for hydroxylation is 2. The Kier molecular flexibility index (Phi) is 7.68. The molecule has 0 fully saturated rings. The Morgan fingerprint density at radius 1 is 1.05 bits per heavy atom. The van der Waals surface area contributed by atoms with E-state index >= 15 is 0 Å². The predicted molar refractivity (Wildman–Crippen MR) is 138 cm³/mol. The normalized spacial score (nSPS) is 11.0. The summed E-state index contributed by atoms with van der Waals surface area (Å²) in [5.74, 6) is 0.687. The van der Waals surface area contributed by atoms with Crippen LogP contribution in [0.15, 0.2) is 76.2 Å². The van der Waals surface area contributed by atoms with E-state index in [1.807, 2.05) is 24.3 Å². The summed E-state index contributed by atoms with van der Waals surface area (Å²) in [5, 5.41) is 15.1. The fraction of sp³-hybridized carbons (Fsp3) is 0.185. The lowest BCUT2D eigenvalue weighted by Crippen LogP contribution is -2.17. The van der Waals surface area contributed by atoms with E-state index in [1.54, 1.807) is 19.1 Å². The molecule has 0 atom stereocenters. The molecule has 0 radical (unpaired) electrons. The lowest BCUT2D eigenvalue weighted by molar-refractivity contribution is -0.385. The number of hydrogen-bond acceptors (Lipinski definition) is 7. The zero-order valence-corrected chi connectivity index (χ0v) is 20.6. The molecule has 4 rings (SSSR count). The van der Waals surface area contributed by atoms with Crippen LogP contribution in [0.1, 0.15) is 40.2 Å². The first-order valence-electron chi connectivity index (χ1n) is 11.6. The number of carbonyl (C=O) groups excluding carboxylic acids is 1. The third-order valence-corrected chi connectivity index (χ3v) is 5.51. The number of hydrazone groups is 1. The van der Waals surface area contributed by atoms with Crippen molar-refractivity contribution in [3.05, 3.63) is 105 Å². The molecule has 0 saturated heterocycles. The van der Waals surface area contributed by atoms with E-state index in [1.165, 1.54) is 24.4 Å². The van der Waals surface area contributed by atoms with Crippen LogP contribution in [-0.2, 0) is 6.61 Å². The van der Waals surface area contributed by atoms with Gasteiger partial charge in [-0.3, -0.25) is 14.9 Å². The van der Waals surface area contributed by atoms with Gasteiger partial charge in [-0.05, 0) is 75.4 Å². The van der Waals surface area contributed by atoms with Gasteiger partial charge in [0.2, 0.25) is 5.75 Å². The summed E-state index contributed by atoms with van der Waals surface area (Å²) in [6.07, 6.45) is 1.28. The lowest BCUT2D eigenvalue weighted by atomic mass is 10.2. The first-order chi connectivity index (χ1) is 17.9. The van der Waals surface area contributed by atoms with Crippen LogP contribution in [0, 0.1) is 24.0 Å². The van der Waals surface area contributed by atoms with Gasteiger partial charge in [-0.1, -0.05) is 6.07 Å². The molecule has 1 amide bonds. The fourth-order valence-corrected chi connectivity index (χ4v) is 3.80. The highest BCUT2D eigenvalue weighted by Crippen LogP contribution is 2.30. The molecule has 190 valence electrons. The average Bonchev–Trinajstić information content (AvgIpc) is 3.50. The third-order valence-electron chi connectivity index (χ3n) is 5.51. The second-order valence-electron chi connectivity index (χ2n) is 8.08. The first kappa shape index (κ1) is 25.2. The van der Waals surface area contributed by atoms with Crippen molar-refractivity contribution in [3.8, 4) is 17.2 Å². The number of nitrogens with one attached hydrogen (secondary N) is 1. The van der Waals surface area contributed by atoms with E-state index < -0.39 is 10.8 Å². The van der Waals surface area contributed by atoms with Crippen LogP contribution >= 0.6 is 0 Å².